The van der Waals surface area contributed by atoms with Crippen LogP contribution in [-0.4, -0.2) is 35.5 Å². The molecular weight excluding hydrogens is 344 g/mol. The lowest BCUT2D eigenvalue weighted by atomic mass is 10.1. The molecule has 1 N–H and O–H groups in total. The summed E-state index contributed by atoms with van der Waals surface area (Å²) in [6.07, 6.45) is 2.41. The molecule has 1 heterocycles. The lowest BCUT2D eigenvalue weighted by Gasteiger charge is -2.18. The Balaban J connectivity index is 1.53. The highest BCUT2D eigenvalue weighted by Crippen LogP contribution is 2.19. The van der Waals surface area contributed by atoms with Gasteiger partial charge in [-0.1, -0.05) is 24.4 Å². The minimum Gasteiger partial charge on any atom is -0.484 e. The first-order chi connectivity index (χ1) is 12.5. The number of hydrogen-bond donors (Lipinski definition) is 1. The molecule has 1 aliphatic heterocycles. The molecule has 0 atom stereocenters. The van der Waals surface area contributed by atoms with Crippen molar-refractivity contribution in [2.75, 3.05) is 25.0 Å². The van der Waals surface area contributed by atoms with Crippen LogP contribution < -0.4 is 10.1 Å². The van der Waals surface area contributed by atoms with Crippen molar-refractivity contribution in [1.29, 1.82) is 0 Å². The number of carbonyl (C=O) groups excluding carboxylic acids is 1. The van der Waals surface area contributed by atoms with Crippen LogP contribution in [0.15, 0.2) is 42.5 Å². The fourth-order valence-electron chi connectivity index (χ4n) is 3.02. The molecule has 0 unspecified atom stereocenters. The third-order valence-corrected chi connectivity index (χ3v) is 5.24. The van der Waals surface area contributed by atoms with Crippen molar-refractivity contribution in [3.8, 4) is 5.75 Å². The smallest absolute Gasteiger partial charge is 0.262 e. The van der Waals surface area contributed by atoms with Gasteiger partial charge in [0.25, 0.3) is 5.91 Å². The molecule has 5 heteroatoms. The lowest BCUT2D eigenvalue weighted by Crippen LogP contribution is -2.26. The Hall–Kier alpha value is -2.40. The molecule has 1 aliphatic rings. The summed E-state index contributed by atoms with van der Waals surface area (Å²) in [5, 5.41) is 2.90. The molecular formula is C21H24N2O2S. The SMILES string of the molecule is Cc1cccc(NC(=O)COc2ccc(C(=S)N3CCCC3)cc2)c1C. The van der Waals surface area contributed by atoms with Crippen molar-refractivity contribution in [3.05, 3.63) is 59.2 Å². The molecule has 0 aromatic heterocycles. The number of likely N-dealkylation sites (tertiary alicyclic amines) is 1. The maximum atomic E-state index is 12.1. The van der Waals surface area contributed by atoms with E-state index < -0.39 is 0 Å². The molecule has 26 heavy (non-hydrogen) atoms. The average molecular weight is 369 g/mol. The van der Waals surface area contributed by atoms with Gasteiger partial charge in [-0.15, -0.1) is 0 Å². The summed E-state index contributed by atoms with van der Waals surface area (Å²) >= 11 is 5.55. The molecule has 3 rings (SSSR count). The zero-order valence-electron chi connectivity index (χ0n) is 15.2. The highest BCUT2D eigenvalue weighted by Gasteiger charge is 2.16. The second-order valence-electron chi connectivity index (χ2n) is 6.61. The molecule has 0 saturated carbocycles. The van der Waals surface area contributed by atoms with Gasteiger partial charge in [-0.25, -0.2) is 0 Å². The van der Waals surface area contributed by atoms with Gasteiger partial charge in [-0.05, 0) is 68.1 Å². The van der Waals surface area contributed by atoms with Crippen LogP contribution in [0.4, 0.5) is 5.69 Å². The van der Waals surface area contributed by atoms with Gasteiger partial charge in [0, 0.05) is 24.3 Å². The number of anilines is 1. The van der Waals surface area contributed by atoms with E-state index in [1.165, 1.54) is 12.8 Å². The maximum Gasteiger partial charge on any atom is 0.262 e. The number of benzene rings is 2. The Bertz CT molecular complexity index is 796. The molecule has 136 valence electrons. The van der Waals surface area contributed by atoms with Gasteiger partial charge in [-0.3, -0.25) is 4.79 Å². The molecule has 2 aromatic rings. The Morgan fingerprint density at radius 2 is 1.81 bits per heavy atom. The third kappa shape index (κ3) is 4.41. The Morgan fingerprint density at radius 3 is 2.50 bits per heavy atom. The number of rotatable bonds is 5. The van der Waals surface area contributed by atoms with Crippen molar-refractivity contribution in [3.63, 3.8) is 0 Å². The minimum atomic E-state index is -0.171. The van der Waals surface area contributed by atoms with Gasteiger partial charge in [0.15, 0.2) is 6.61 Å². The fraction of sp³-hybridized carbons (Fsp3) is 0.333. The summed E-state index contributed by atoms with van der Waals surface area (Å²) in [4.78, 5) is 15.3. The van der Waals surface area contributed by atoms with Crippen LogP contribution in [0.3, 0.4) is 0 Å². The summed E-state index contributed by atoms with van der Waals surface area (Å²) in [5.74, 6) is 0.490. The molecule has 0 aliphatic carbocycles. The quantitative estimate of drug-likeness (QED) is 0.807. The van der Waals surface area contributed by atoms with Gasteiger partial charge < -0.3 is 15.0 Å². The molecule has 1 saturated heterocycles. The van der Waals surface area contributed by atoms with E-state index in [0.29, 0.717) is 5.75 Å². The van der Waals surface area contributed by atoms with Crippen molar-refractivity contribution in [1.82, 2.24) is 4.90 Å². The van der Waals surface area contributed by atoms with Crippen LogP contribution in [0, 0.1) is 13.8 Å². The number of thiocarbonyl (C=S) groups is 1. The van der Waals surface area contributed by atoms with Crippen molar-refractivity contribution < 1.29 is 9.53 Å². The zero-order valence-corrected chi connectivity index (χ0v) is 16.1. The number of nitrogens with one attached hydrogen (secondary N) is 1. The fourth-order valence-corrected chi connectivity index (χ4v) is 3.34. The topological polar surface area (TPSA) is 41.6 Å². The number of hydrogen-bond acceptors (Lipinski definition) is 3. The minimum absolute atomic E-state index is 0.0245. The summed E-state index contributed by atoms with van der Waals surface area (Å²) < 4.78 is 5.60. The summed E-state index contributed by atoms with van der Waals surface area (Å²) in [6, 6.07) is 13.5. The largest absolute Gasteiger partial charge is 0.484 e. The first kappa shape index (κ1) is 18.4. The molecule has 0 bridgehead atoms. The normalized spacial score (nSPS) is 13.5. The van der Waals surface area contributed by atoms with Crippen LogP contribution in [-0.2, 0) is 4.79 Å². The molecule has 0 radical (unpaired) electrons. The first-order valence-corrected chi connectivity index (χ1v) is 9.33. The molecule has 2 aromatic carbocycles. The molecule has 1 fully saturated rings. The van der Waals surface area contributed by atoms with Crippen LogP contribution >= 0.6 is 12.2 Å². The van der Waals surface area contributed by atoms with E-state index in [2.05, 4.69) is 10.2 Å². The van der Waals surface area contributed by atoms with E-state index in [-0.39, 0.29) is 12.5 Å². The number of ether oxygens (including phenoxy) is 1. The third-order valence-electron chi connectivity index (χ3n) is 4.74. The second-order valence-corrected chi connectivity index (χ2v) is 6.99. The van der Waals surface area contributed by atoms with Gasteiger partial charge in [-0.2, -0.15) is 0 Å². The van der Waals surface area contributed by atoms with Crippen LogP contribution in [0.25, 0.3) is 0 Å². The summed E-state index contributed by atoms with van der Waals surface area (Å²) in [6.45, 7) is 6.07. The van der Waals surface area contributed by atoms with E-state index >= 15 is 0 Å². The lowest BCUT2D eigenvalue weighted by molar-refractivity contribution is -0.118. The first-order valence-electron chi connectivity index (χ1n) is 8.93. The van der Waals surface area contributed by atoms with E-state index in [1.807, 2.05) is 56.3 Å². The average Bonchev–Trinajstić information content (AvgIpc) is 3.18. The standard InChI is InChI=1S/C21H24N2O2S/c1-15-6-5-7-19(16(15)2)22-20(24)14-25-18-10-8-17(9-11-18)21(26)23-12-3-4-13-23/h5-11H,3-4,12-14H2,1-2H3,(H,22,24). The monoisotopic (exact) mass is 368 g/mol. The van der Waals surface area contributed by atoms with E-state index in [9.17, 15) is 4.79 Å². The maximum absolute atomic E-state index is 12.1. The molecule has 1 amide bonds. The predicted molar refractivity (Wildman–Crippen MR) is 109 cm³/mol. The van der Waals surface area contributed by atoms with Crippen molar-refractivity contribution in [2.24, 2.45) is 0 Å². The predicted octanol–water partition coefficient (Wildman–Crippen LogP) is 4.09. The van der Waals surface area contributed by atoms with Gasteiger partial charge in [0.2, 0.25) is 0 Å². The number of nitrogens with zero attached hydrogens (tertiary/aromatic N) is 1. The van der Waals surface area contributed by atoms with E-state index in [0.717, 1.165) is 40.5 Å². The van der Waals surface area contributed by atoms with E-state index in [1.54, 1.807) is 0 Å². The van der Waals surface area contributed by atoms with Crippen LogP contribution in [0.5, 0.6) is 5.75 Å². The zero-order chi connectivity index (χ0) is 18.5. The Kier molecular flexibility index (Phi) is 5.89. The Labute approximate surface area is 160 Å². The van der Waals surface area contributed by atoms with Crippen LogP contribution in [0.1, 0.15) is 29.5 Å². The van der Waals surface area contributed by atoms with E-state index in [4.69, 9.17) is 17.0 Å². The highest BCUT2D eigenvalue weighted by atomic mass is 32.1. The molecule has 4 nitrogen and oxygen atoms in total. The van der Waals surface area contributed by atoms with Crippen LogP contribution in [0.2, 0.25) is 0 Å². The highest BCUT2D eigenvalue weighted by molar-refractivity contribution is 7.80. The van der Waals surface area contributed by atoms with Gasteiger partial charge in [0.1, 0.15) is 10.7 Å². The summed E-state index contributed by atoms with van der Waals surface area (Å²) in [5.41, 5.74) is 4.06. The number of aryl methyl sites for hydroxylation is 1. The number of amides is 1. The number of carbonyl (C=O) groups is 1. The molecule has 0 spiro atoms. The summed E-state index contributed by atoms with van der Waals surface area (Å²) in [7, 11) is 0. The van der Waals surface area contributed by atoms with Crippen molar-refractivity contribution >= 4 is 28.8 Å². The second kappa shape index (κ2) is 8.32. The van der Waals surface area contributed by atoms with Crippen molar-refractivity contribution in [2.45, 2.75) is 26.7 Å². The van der Waals surface area contributed by atoms with Gasteiger partial charge in [0.05, 0.1) is 0 Å². The Morgan fingerprint density at radius 1 is 1.12 bits per heavy atom. The van der Waals surface area contributed by atoms with Gasteiger partial charge >= 0.3 is 0 Å².